The van der Waals surface area contributed by atoms with Gasteiger partial charge in [0.15, 0.2) is 0 Å². The van der Waals surface area contributed by atoms with E-state index < -0.39 is 0 Å². The Morgan fingerprint density at radius 1 is 1.25 bits per heavy atom. The second kappa shape index (κ2) is 6.19. The first-order valence-electron chi connectivity index (χ1n) is 6.48. The van der Waals surface area contributed by atoms with Gasteiger partial charge in [0.25, 0.3) is 0 Å². The molecule has 0 aliphatic carbocycles. The summed E-state index contributed by atoms with van der Waals surface area (Å²) in [5.74, 6) is 0.346. The second-order valence-corrected chi connectivity index (χ2v) is 4.66. The smallest absolute Gasteiger partial charge is 0.312 e. The van der Waals surface area contributed by atoms with E-state index in [1.807, 2.05) is 50.2 Å². The van der Waals surface area contributed by atoms with Crippen molar-refractivity contribution in [2.75, 3.05) is 12.4 Å². The molecular weight excluding hydrogens is 252 g/mol. The molecule has 4 heteroatoms. The molecule has 0 radical (unpaired) electrons. The van der Waals surface area contributed by atoms with E-state index in [0.717, 1.165) is 22.6 Å². The van der Waals surface area contributed by atoms with Crippen molar-refractivity contribution in [3.8, 4) is 0 Å². The van der Waals surface area contributed by atoms with E-state index in [2.05, 4.69) is 10.3 Å². The van der Waals surface area contributed by atoms with Gasteiger partial charge in [0, 0.05) is 11.9 Å². The number of esters is 1. The molecule has 0 saturated heterocycles. The first-order chi connectivity index (χ1) is 9.61. The molecule has 1 N–H and O–H groups in total. The van der Waals surface area contributed by atoms with Gasteiger partial charge in [-0.25, -0.2) is 4.98 Å². The molecule has 2 aromatic rings. The van der Waals surface area contributed by atoms with Gasteiger partial charge in [0.05, 0.1) is 13.0 Å². The van der Waals surface area contributed by atoms with E-state index in [9.17, 15) is 4.79 Å². The lowest BCUT2D eigenvalue weighted by molar-refractivity contribution is -0.141. The maximum atomic E-state index is 11.5. The predicted molar refractivity (Wildman–Crippen MR) is 79.1 cm³/mol. The zero-order valence-corrected chi connectivity index (χ0v) is 11.9. The number of carbonyl (C=O) groups excluding carboxylic acids is 1. The molecule has 0 aliphatic heterocycles. The van der Waals surface area contributed by atoms with Crippen LogP contribution in [0.15, 0.2) is 42.6 Å². The third-order valence-corrected chi connectivity index (χ3v) is 3.24. The molecule has 1 aromatic carbocycles. The molecule has 1 aromatic heterocycles. The van der Waals surface area contributed by atoms with E-state index in [-0.39, 0.29) is 11.9 Å². The monoisotopic (exact) mass is 270 g/mol. The number of aromatic nitrogens is 1. The summed E-state index contributed by atoms with van der Waals surface area (Å²) in [5.41, 5.74) is 2.95. The minimum Gasteiger partial charge on any atom is -0.469 e. The van der Waals surface area contributed by atoms with E-state index in [0.29, 0.717) is 0 Å². The van der Waals surface area contributed by atoms with Crippen LogP contribution in [0.1, 0.15) is 24.0 Å². The largest absolute Gasteiger partial charge is 0.469 e. The number of rotatable bonds is 4. The van der Waals surface area contributed by atoms with Gasteiger partial charge in [0.2, 0.25) is 0 Å². The number of carbonyl (C=O) groups is 1. The molecule has 104 valence electrons. The average Bonchev–Trinajstić information content (AvgIpc) is 2.49. The molecule has 1 heterocycles. The van der Waals surface area contributed by atoms with Gasteiger partial charge in [-0.15, -0.1) is 0 Å². The van der Waals surface area contributed by atoms with Crippen LogP contribution in [-0.4, -0.2) is 18.1 Å². The number of ether oxygens (including phenoxy) is 1. The van der Waals surface area contributed by atoms with E-state index in [4.69, 9.17) is 4.74 Å². The Labute approximate surface area is 118 Å². The predicted octanol–water partition coefficient (Wildman–Crippen LogP) is 3.41. The summed E-state index contributed by atoms with van der Waals surface area (Å²) in [6.07, 6.45) is 1.75. The van der Waals surface area contributed by atoms with E-state index >= 15 is 0 Å². The fourth-order valence-electron chi connectivity index (χ4n) is 1.92. The zero-order chi connectivity index (χ0) is 14.5. The Morgan fingerprint density at radius 3 is 2.55 bits per heavy atom. The second-order valence-electron chi connectivity index (χ2n) is 4.66. The van der Waals surface area contributed by atoms with Gasteiger partial charge in [-0.05, 0) is 43.2 Å². The van der Waals surface area contributed by atoms with Crippen molar-refractivity contribution in [1.29, 1.82) is 0 Å². The van der Waals surface area contributed by atoms with Crippen molar-refractivity contribution in [3.63, 3.8) is 0 Å². The summed E-state index contributed by atoms with van der Waals surface area (Å²) in [6, 6.07) is 11.6. The fraction of sp³-hybridized carbons (Fsp3) is 0.250. The number of nitrogens with zero attached hydrogens (tertiary/aromatic N) is 1. The molecule has 1 atom stereocenters. The van der Waals surface area contributed by atoms with Crippen LogP contribution in [0.2, 0.25) is 0 Å². The van der Waals surface area contributed by atoms with Gasteiger partial charge in [-0.3, -0.25) is 4.79 Å². The minimum atomic E-state index is -0.259. The topological polar surface area (TPSA) is 51.2 Å². The molecule has 0 unspecified atom stereocenters. The van der Waals surface area contributed by atoms with Crippen LogP contribution in [0.3, 0.4) is 0 Å². The molecule has 0 bridgehead atoms. The number of pyridine rings is 1. The standard InChI is InChI=1S/C16H18N2O2/c1-11-5-4-10-17-15(11)18-14-8-6-13(7-9-14)12(2)16(19)20-3/h4-10,12H,1-3H3,(H,17,18)/t12-/m0/s1. The van der Waals surface area contributed by atoms with Crippen molar-refractivity contribution < 1.29 is 9.53 Å². The summed E-state index contributed by atoms with van der Waals surface area (Å²) < 4.78 is 4.74. The van der Waals surface area contributed by atoms with E-state index in [1.165, 1.54) is 7.11 Å². The number of hydrogen-bond acceptors (Lipinski definition) is 4. The molecule has 2 rings (SSSR count). The highest BCUT2D eigenvalue weighted by molar-refractivity contribution is 5.77. The molecule has 0 spiro atoms. The Morgan fingerprint density at radius 2 is 1.95 bits per heavy atom. The normalized spacial score (nSPS) is 11.8. The molecule has 20 heavy (non-hydrogen) atoms. The quantitative estimate of drug-likeness (QED) is 0.865. The Hall–Kier alpha value is -2.36. The van der Waals surface area contributed by atoms with Crippen LogP contribution in [0, 0.1) is 6.92 Å². The molecule has 0 saturated carbocycles. The summed E-state index contributed by atoms with van der Waals surface area (Å²) in [6.45, 7) is 3.83. The number of hydrogen-bond donors (Lipinski definition) is 1. The first-order valence-corrected chi connectivity index (χ1v) is 6.48. The first kappa shape index (κ1) is 14.1. The molecular formula is C16H18N2O2. The molecule has 0 amide bonds. The number of aryl methyl sites for hydroxylation is 1. The molecule has 4 nitrogen and oxygen atoms in total. The van der Waals surface area contributed by atoms with Gasteiger partial charge in [0.1, 0.15) is 5.82 Å². The number of nitrogens with one attached hydrogen (secondary N) is 1. The van der Waals surface area contributed by atoms with Crippen LogP contribution < -0.4 is 5.32 Å². The summed E-state index contributed by atoms with van der Waals surface area (Å²) in [4.78, 5) is 15.8. The van der Waals surface area contributed by atoms with Crippen LogP contribution in [0.5, 0.6) is 0 Å². The number of benzene rings is 1. The van der Waals surface area contributed by atoms with Gasteiger partial charge < -0.3 is 10.1 Å². The SMILES string of the molecule is COC(=O)[C@@H](C)c1ccc(Nc2ncccc2C)cc1. The van der Waals surface area contributed by atoms with Crippen molar-refractivity contribution >= 4 is 17.5 Å². The Kier molecular flexibility index (Phi) is 4.35. The van der Waals surface area contributed by atoms with Crippen LogP contribution in [-0.2, 0) is 9.53 Å². The maximum Gasteiger partial charge on any atom is 0.312 e. The van der Waals surface area contributed by atoms with Gasteiger partial charge in [-0.2, -0.15) is 0 Å². The van der Waals surface area contributed by atoms with Crippen molar-refractivity contribution in [2.45, 2.75) is 19.8 Å². The zero-order valence-electron chi connectivity index (χ0n) is 11.9. The van der Waals surface area contributed by atoms with Crippen molar-refractivity contribution in [3.05, 3.63) is 53.7 Å². The number of anilines is 2. The Bertz CT molecular complexity index is 594. The van der Waals surface area contributed by atoms with Gasteiger partial charge in [-0.1, -0.05) is 18.2 Å². The third-order valence-electron chi connectivity index (χ3n) is 3.24. The molecule has 0 aliphatic rings. The summed E-state index contributed by atoms with van der Waals surface area (Å²) >= 11 is 0. The lowest BCUT2D eigenvalue weighted by Crippen LogP contribution is -2.10. The van der Waals surface area contributed by atoms with Crippen molar-refractivity contribution in [1.82, 2.24) is 4.98 Å². The number of methoxy groups -OCH3 is 1. The van der Waals surface area contributed by atoms with Crippen LogP contribution in [0.4, 0.5) is 11.5 Å². The fourth-order valence-corrected chi connectivity index (χ4v) is 1.92. The summed E-state index contributed by atoms with van der Waals surface area (Å²) in [5, 5.41) is 3.25. The van der Waals surface area contributed by atoms with Crippen LogP contribution in [0.25, 0.3) is 0 Å². The maximum absolute atomic E-state index is 11.5. The van der Waals surface area contributed by atoms with Crippen LogP contribution >= 0.6 is 0 Å². The lowest BCUT2D eigenvalue weighted by atomic mass is 10.0. The van der Waals surface area contributed by atoms with E-state index in [1.54, 1.807) is 6.20 Å². The lowest BCUT2D eigenvalue weighted by Gasteiger charge is -2.11. The summed E-state index contributed by atoms with van der Waals surface area (Å²) in [7, 11) is 1.40. The van der Waals surface area contributed by atoms with Gasteiger partial charge >= 0.3 is 5.97 Å². The highest BCUT2D eigenvalue weighted by Gasteiger charge is 2.15. The minimum absolute atomic E-state index is 0.230. The Balaban J connectivity index is 2.13. The van der Waals surface area contributed by atoms with Crippen molar-refractivity contribution in [2.24, 2.45) is 0 Å². The highest BCUT2D eigenvalue weighted by Crippen LogP contribution is 2.22. The average molecular weight is 270 g/mol. The highest BCUT2D eigenvalue weighted by atomic mass is 16.5. The molecule has 0 fully saturated rings. The third kappa shape index (κ3) is 3.15.